The van der Waals surface area contributed by atoms with E-state index in [2.05, 4.69) is 5.27 Å². The van der Waals surface area contributed by atoms with Crippen LogP contribution < -0.4 is 20.8 Å². The van der Waals surface area contributed by atoms with Crippen molar-refractivity contribution in [3.8, 4) is 28.1 Å². The first-order chi connectivity index (χ1) is 16.0. The summed E-state index contributed by atoms with van der Waals surface area (Å²) in [5.41, 5.74) is 9.31. The summed E-state index contributed by atoms with van der Waals surface area (Å²) < 4.78 is 11.2. The molecule has 0 fully saturated rings. The van der Waals surface area contributed by atoms with Crippen LogP contribution in [-0.4, -0.2) is 23.1 Å². The van der Waals surface area contributed by atoms with E-state index in [1.54, 1.807) is 7.11 Å². The van der Waals surface area contributed by atoms with Gasteiger partial charge in [0.05, 0.1) is 18.5 Å². The lowest BCUT2D eigenvalue weighted by atomic mass is 9.99. The number of aromatic amines is 1. The summed E-state index contributed by atoms with van der Waals surface area (Å²) >= 11 is 1.15. The van der Waals surface area contributed by atoms with Crippen LogP contribution in [0.3, 0.4) is 0 Å². The molecule has 5 aromatic rings. The van der Waals surface area contributed by atoms with Crippen LogP contribution in [0.2, 0.25) is 0 Å². The van der Waals surface area contributed by atoms with Crippen molar-refractivity contribution in [2.24, 2.45) is 7.05 Å². The number of H-pyrrole nitrogens is 1. The van der Waals surface area contributed by atoms with Gasteiger partial charge in [-0.2, -0.15) is 0 Å². The van der Waals surface area contributed by atoms with E-state index in [4.69, 9.17) is 20.0 Å². The van der Waals surface area contributed by atoms with Gasteiger partial charge in [-0.1, -0.05) is 35.0 Å². The smallest absolute Gasteiger partial charge is 0.438 e. The maximum atomic E-state index is 13.2. The van der Waals surface area contributed by atoms with E-state index in [1.807, 2.05) is 60.7 Å². The largest absolute Gasteiger partial charge is 0.497 e. The van der Waals surface area contributed by atoms with Crippen molar-refractivity contribution in [3.05, 3.63) is 81.7 Å². The number of fused-ring (bicyclic) bond motifs is 1. The minimum atomic E-state index is -0.755. The number of aromatic nitrogens is 3. The van der Waals surface area contributed by atoms with Crippen molar-refractivity contribution < 1.29 is 18.7 Å². The number of pyridine rings is 1. The van der Waals surface area contributed by atoms with Gasteiger partial charge in [-0.3, -0.25) is 9.32 Å². The predicted molar refractivity (Wildman–Crippen MR) is 125 cm³/mol. The van der Waals surface area contributed by atoms with Crippen LogP contribution in [0.25, 0.3) is 32.6 Å². The number of nitrogens with one attached hydrogen (secondary N) is 1. The fraction of sp³-hybridized carbons (Fsp3) is 0.0833. The molecule has 0 saturated heterocycles. The number of thiophene rings is 1. The molecule has 2 aromatic carbocycles. The van der Waals surface area contributed by atoms with E-state index >= 15 is 0 Å². The van der Waals surface area contributed by atoms with Gasteiger partial charge in [0.1, 0.15) is 15.5 Å². The number of nitrogen functional groups attached to an aromatic ring is 1. The highest BCUT2D eigenvalue weighted by Crippen LogP contribution is 2.41. The zero-order valence-electron chi connectivity index (χ0n) is 17.8. The van der Waals surface area contributed by atoms with Crippen LogP contribution in [-0.2, 0) is 7.05 Å². The highest BCUT2D eigenvalue weighted by atomic mass is 32.1. The molecule has 3 heterocycles. The van der Waals surface area contributed by atoms with Crippen molar-refractivity contribution in [2.45, 2.75) is 0 Å². The van der Waals surface area contributed by atoms with Crippen LogP contribution in [0.4, 0.5) is 5.69 Å². The molecule has 3 N–H and O–H groups in total. The highest BCUT2D eigenvalue weighted by Gasteiger charge is 2.32. The molecular weight excluding hydrogens is 440 g/mol. The maximum absolute atomic E-state index is 13.2. The standard InChI is InChI=1S/C24H18N4O4S/c1-28-20(24(30)32-27-28)21(29)22-19(25)18-16(13-6-4-3-5-7-13)12-17(26-23(18)33-22)14-8-10-15(31-2)11-9-14/h3-12H,1-2H3,(H2-,25,27,29,30)/p+1. The number of hydrogen-bond donors (Lipinski definition) is 2. The second-order valence-corrected chi connectivity index (χ2v) is 8.39. The zero-order valence-corrected chi connectivity index (χ0v) is 18.6. The Bertz CT molecular complexity index is 1550. The first-order valence-corrected chi connectivity index (χ1v) is 10.8. The summed E-state index contributed by atoms with van der Waals surface area (Å²) in [6.45, 7) is 0. The molecule has 0 saturated carbocycles. The number of rotatable bonds is 5. The second kappa shape index (κ2) is 8.03. The van der Waals surface area contributed by atoms with Gasteiger partial charge in [0.15, 0.2) is 7.05 Å². The first-order valence-electron chi connectivity index (χ1n) is 10.0. The quantitative estimate of drug-likeness (QED) is 0.307. The number of ether oxygens (including phenoxy) is 1. The Balaban J connectivity index is 1.76. The van der Waals surface area contributed by atoms with Crippen LogP contribution in [0.1, 0.15) is 15.4 Å². The third kappa shape index (κ3) is 3.48. The lowest BCUT2D eigenvalue weighted by molar-refractivity contribution is -0.741. The van der Waals surface area contributed by atoms with E-state index in [0.717, 1.165) is 39.5 Å². The molecule has 0 aliphatic rings. The summed E-state index contributed by atoms with van der Waals surface area (Å²) in [4.78, 5) is 30.9. The number of nitrogens with zero attached hydrogens (tertiary/aromatic N) is 2. The van der Waals surface area contributed by atoms with E-state index in [9.17, 15) is 9.59 Å². The van der Waals surface area contributed by atoms with Gasteiger partial charge in [0.2, 0.25) is 0 Å². The number of aryl methyl sites for hydroxylation is 1. The molecule has 0 amide bonds. The summed E-state index contributed by atoms with van der Waals surface area (Å²) in [6.07, 6.45) is 0. The number of carbonyl (C=O) groups excluding carboxylic acids is 1. The molecule has 0 radical (unpaired) electrons. The number of methoxy groups -OCH3 is 1. The number of benzene rings is 2. The maximum Gasteiger partial charge on any atom is 0.438 e. The molecule has 0 bridgehead atoms. The van der Waals surface area contributed by atoms with Crippen molar-refractivity contribution in [3.63, 3.8) is 0 Å². The van der Waals surface area contributed by atoms with Crippen molar-refractivity contribution in [1.29, 1.82) is 0 Å². The Morgan fingerprint density at radius 1 is 1.12 bits per heavy atom. The minimum absolute atomic E-state index is 0.134. The number of nitrogens with two attached hydrogens (primary N) is 1. The van der Waals surface area contributed by atoms with E-state index < -0.39 is 11.4 Å². The zero-order chi connectivity index (χ0) is 23.1. The van der Waals surface area contributed by atoms with Crippen molar-refractivity contribution in [1.82, 2.24) is 10.3 Å². The monoisotopic (exact) mass is 459 g/mol. The van der Waals surface area contributed by atoms with Gasteiger partial charge in [-0.05, 0) is 46.7 Å². The summed E-state index contributed by atoms with van der Waals surface area (Å²) in [5, 5.41) is 3.04. The van der Waals surface area contributed by atoms with Gasteiger partial charge in [-0.15, -0.1) is 11.3 Å². The Labute approximate surface area is 191 Å². The molecule has 8 nitrogen and oxygen atoms in total. The van der Waals surface area contributed by atoms with Crippen LogP contribution in [0.5, 0.6) is 5.75 Å². The average Bonchev–Trinajstić information content (AvgIpc) is 3.37. The van der Waals surface area contributed by atoms with Crippen LogP contribution in [0.15, 0.2) is 70.0 Å². The first kappa shape index (κ1) is 20.7. The fourth-order valence-electron chi connectivity index (χ4n) is 3.74. The average molecular weight is 460 g/mol. The van der Waals surface area contributed by atoms with Gasteiger partial charge in [-0.25, -0.2) is 9.78 Å². The van der Waals surface area contributed by atoms with Crippen LogP contribution in [0, 0.1) is 0 Å². The number of carbonyl (C=O) groups is 1. The highest BCUT2D eigenvalue weighted by molar-refractivity contribution is 7.21. The van der Waals surface area contributed by atoms with Crippen molar-refractivity contribution in [2.75, 3.05) is 12.8 Å². The van der Waals surface area contributed by atoms with Gasteiger partial charge >= 0.3 is 11.3 Å². The third-order valence-corrected chi connectivity index (χ3v) is 6.49. The molecule has 0 unspecified atom stereocenters. The minimum Gasteiger partial charge on any atom is -0.497 e. The van der Waals surface area contributed by atoms with E-state index in [-0.39, 0.29) is 16.3 Å². The molecule has 5 rings (SSSR count). The Morgan fingerprint density at radius 2 is 1.85 bits per heavy atom. The normalized spacial score (nSPS) is 11.1. The molecule has 0 aliphatic carbocycles. The van der Waals surface area contributed by atoms with Gasteiger partial charge in [0, 0.05) is 10.9 Å². The molecule has 164 valence electrons. The van der Waals surface area contributed by atoms with E-state index in [0.29, 0.717) is 10.2 Å². The van der Waals surface area contributed by atoms with Gasteiger partial charge in [0.25, 0.3) is 5.78 Å². The Morgan fingerprint density at radius 3 is 2.48 bits per heavy atom. The number of hydrogen-bond acceptors (Lipinski definition) is 7. The number of anilines is 1. The second-order valence-electron chi connectivity index (χ2n) is 7.39. The number of ketones is 1. The summed E-state index contributed by atoms with van der Waals surface area (Å²) in [7, 11) is 3.14. The molecule has 0 aliphatic heterocycles. The third-order valence-electron chi connectivity index (χ3n) is 5.39. The topological polar surface area (TPSA) is 115 Å². The Hall–Kier alpha value is -4.24. The molecule has 33 heavy (non-hydrogen) atoms. The molecular formula is C24H19N4O4S+. The lowest BCUT2D eigenvalue weighted by Crippen LogP contribution is -2.39. The van der Waals surface area contributed by atoms with Gasteiger partial charge < -0.3 is 10.5 Å². The summed E-state index contributed by atoms with van der Waals surface area (Å²) in [6, 6.07) is 19.3. The SMILES string of the molecule is COc1ccc(-c2cc(-c3ccccc3)c3c(N)c(C(=O)c4c(=O)o[nH][n+]4C)sc3n2)cc1. The molecule has 0 spiro atoms. The molecule has 3 aromatic heterocycles. The van der Waals surface area contributed by atoms with Crippen molar-refractivity contribution >= 4 is 33.0 Å². The lowest BCUT2D eigenvalue weighted by Gasteiger charge is -2.09. The predicted octanol–water partition coefficient (Wildman–Crippen LogP) is 3.56. The summed E-state index contributed by atoms with van der Waals surface area (Å²) in [5.74, 6) is 0.229. The molecule has 9 heteroatoms. The van der Waals surface area contributed by atoms with Crippen LogP contribution >= 0.6 is 11.3 Å². The Kier molecular flexibility index (Phi) is 5.02. The molecule has 0 atom stereocenters. The fourth-order valence-corrected chi connectivity index (χ4v) is 4.80. The van der Waals surface area contributed by atoms with E-state index in [1.165, 1.54) is 11.7 Å².